The molecular weight excluding hydrogens is 220 g/mol. The molecule has 0 aliphatic carbocycles. The van der Waals surface area contributed by atoms with Crippen LogP contribution in [0.25, 0.3) is 5.76 Å². The van der Waals surface area contributed by atoms with Crippen LogP contribution in [0.4, 0.5) is 0 Å². The van der Waals surface area contributed by atoms with E-state index in [4.69, 9.17) is 4.74 Å². The minimum Gasteiger partial charge on any atom is -0.493 e. The number of ether oxygens (including phenoxy) is 1. The Bertz CT molecular complexity index is 358. The van der Waals surface area contributed by atoms with Crippen molar-refractivity contribution in [2.45, 2.75) is 40.3 Å². The molecule has 0 aliphatic heterocycles. The summed E-state index contributed by atoms with van der Waals surface area (Å²) < 4.78 is 5.40. The van der Waals surface area contributed by atoms with E-state index in [0.717, 1.165) is 27.9 Å². The van der Waals surface area contributed by atoms with Gasteiger partial charge in [-0.15, -0.1) is 11.3 Å². The Balaban J connectivity index is 2.69. The molecule has 0 saturated heterocycles. The Morgan fingerprint density at radius 2 is 2.25 bits per heavy atom. The Morgan fingerprint density at radius 1 is 1.56 bits per heavy atom. The summed E-state index contributed by atoms with van der Waals surface area (Å²) in [7, 11) is 0. The number of thiazole rings is 1. The zero-order valence-electron chi connectivity index (χ0n) is 10.5. The van der Waals surface area contributed by atoms with Gasteiger partial charge < -0.3 is 10.1 Å². The quantitative estimate of drug-likeness (QED) is 0.776. The molecule has 1 N–H and O–H groups in total. The molecule has 16 heavy (non-hydrogen) atoms. The van der Waals surface area contributed by atoms with Gasteiger partial charge in [-0.25, -0.2) is 4.98 Å². The van der Waals surface area contributed by atoms with Crippen molar-refractivity contribution in [3.8, 4) is 0 Å². The largest absolute Gasteiger partial charge is 0.493 e. The topological polar surface area (TPSA) is 34.1 Å². The van der Waals surface area contributed by atoms with Crippen LogP contribution in [0.5, 0.6) is 0 Å². The van der Waals surface area contributed by atoms with Gasteiger partial charge in [-0.05, 0) is 13.8 Å². The van der Waals surface area contributed by atoms with Gasteiger partial charge in [0, 0.05) is 12.6 Å². The highest BCUT2D eigenvalue weighted by Crippen LogP contribution is 2.25. The van der Waals surface area contributed by atoms with Crippen LogP contribution in [0.3, 0.4) is 0 Å². The number of aryl methyl sites for hydroxylation is 1. The fraction of sp³-hybridized carbons (Fsp3) is 0.583. The van der Waals surface area contributed by atoms with E-state index in [1.54, 1.807) is 11.3 Å². The summed E-state index contributed by atoms with van der Waals surface area (Å²) in [6, 6.07) is 0.475. The van der Waals surface area contributed by atoms with E-state index >= 15 is 0 Å². The van der Waals surface area contributed by atoms with Gasteiger partial charge in [0.1, 0.15) is 10.8 Å². The first-order chi connectivity index (χ1) is 7.54. The van der Waals surface area contributed by atoms with Crippen LogP contribution < -0.4 is 5.32 Å². The lowest BCUT2D eigenvalue weighted by atomic mass is 10.3. The van der Waals surface area contributed by atoms with Crippen LogP contribution in [0.2, 0.25) is 0 Å². The van der Waals surface area contributed by atoms with Crippen LogP contribution in [0.15, 0.2) is 6.58 Å². The van der Waals surface area contributed by atoms with Gasteiger partial charge in [0.15, 0.2) is 0 Å². The Labute approximate surface area is 102 Å². The highest BCUT2D eigenvalue weighted by molar-refractivity contribution is 7.12. The second-order valence-electron chi connectivity index (χ2n) is 3.91. The number of hydrogen-bond acceptors (Lipinski definition) is 4. The lowest BCUT2D eigenvalue weighted by Gasteiger charge is -2.05. The summed E-state index contributed by atoms with van der Waals surface area (Å²) in [6.45, 7) is 13.6. The van der Waals surface area contributed by atoms with Gasteiger partial charge in [-0.3, -0.25) is 0 Å². The maximum absolute atomic E-state index is 5.40. The van der Waals surface area contributed by atoms with Crippen LogP contribution >= 0.6 is 11.3 Å². The highest BCUT2D eigenvalue weighted by atomic mass is 32.1. The van der Waals surface area contributed by atoms with Gasteiger partial charge in [0.05, 0.1) is 17.2 Å². The predicted molar refractivity (Wildman–Crippen MR) is 69.5 cm³/mol. The van der Waals surface area contributed by atoms with Crippen LogP contribution in [0, 0.1) is 6.92 Å². The summed E-state index contributed by atoms with van der Waals surface area (Å²) in [5, 5.41) is 4.44. The number of nitrogens with one attached hydrogen (secondary N) is 1. The first kappa shape index (κ1) is 13.2. The monoisotopic (exact) mass is 240 g/mol. The molecule has 0 atom stereocenters. The SMILES string of the molecule is C=C(OCC)c1sc(CNC(C)C)nc1C. The number of rotatable bonds is 6. The van der Waals surface area contributed by atoms with E-state index < -0.39 is 0 Å². The summed E-state index contributed by atoms with van der Waals surface area (Å²) >= 11 is 1.65. The van der Waals surface area contributed by atoms with Gasteiger partial charge in [0.25, 0.3) is 0 Å². The molecule has 0 spiro atoms. The van der Waals surface area contributed by atoms with E-state index in [-0.39, 0.29) is 0 Å². The second-order valence-corrected chi connectivity index (χ2v) is 5.00. The van der Waals surface area contributed by atoms with E-state index in [2.05, 4.69) is 30.7 Å². The molecule has 0 unspecified atom stereocenters. The molecule has 3 nitrogen and oxygen atoms in total. The molecule has 1 aromatic heterocycles. The number of hydrogen-bond donors (Lipinski definition) is 1. The summed E-state index contributed by atoms with van der Waals surface area (Å²) in [6.07, 6.45) is 0. The van der Waals surface area contributed by atoms with Gasteiger partial charge >= 0.3 is 0 Å². The summed E-state index contributed by atoms with van der Waals surface area (Å²) in [5.74, 6) is 0.730. The van der Waals surface area contributed by atoms with E-state index in [9.17, 15) is 0 Å². The second kappa shape index (κ2) is 6.01. The minimum atomic E-state index is 0.475. The first-order valence-electron chi connectivity index (χ1n) is 5.56. The molecule has 90 valence electrons. The van der Waals surface area contributed by atoms with Crippen molar-refractivity contribution in [2.75, 3.05) is 6.61 Å². The maximum atomic E-state index is 5.40. The molecular formula is C12H20N2OS. The van der Waals surface area contributed by atoms with Gasteiger partial charge in [-0.2, -0.15) is 0 Å². The fourth-order valence-electron chi connectivity index (χ4n) is 1.32. The van der Waals surface area contributed by atoms with Crippen molar-refractivity contribution >= 4 is 17.1 Å². The average molecular weight is 240 g/mol. The Hall–Kier alpha value is -0.870. The van der Waals surface area contributed by atoms with Crippen LogP contribution in [-0.4, -0.2) is 17.6 Å². The highest BCUT2D eigenvalue weighted by Gasteiger charge is 2.11. The van der Waals surface area contributed by atoms with E-state index in [1.165, 1.54) is 0 Å². The van der Waals surface area contributed by atoms with E-state index in [1.807, 2.05) is 13.8 Å². The van der Waals surface area contributed by atoms with Crippen molar-refractivity contribution in [1.82, 2.24) is 10.3 Å². The third-order valence-electron chi connectivity index (χ3n) is 2.07. The maximum Gasteiger partial charge on any atom is 0.131 e. The lowest BCUT2D eigenvalue weighted by Crippen LogP contribution is -2.21. The normalized spacial score (nSPS) is 10.8. The average Bonchev–Trinajstić information content (AvgIpc) is 2.57. The van der Waals surface area contributed by atoms with Crippen molar-refractivity contribution in [3.05, 3.63) is 22.2 Å². The lowest BCUT2D eigenvalue weighted by molar-refractivity contribution is 0.300. The van der Waals surface area contributed by atoms with Crippen molar-refractivity contribution < 1.29 is 4.74 Å². The first-order valence-corrected chi connectivity index (χ1v) is 6.38. The Kier molecular flexibility index (Phi) is 4.96. The molecule has 0 bridgehead atoms. The molecule has 0 fully saturated rings. The number of nitrogens with zero attached hydrogens (tertiary/aromatic N) is 1. The zero-order valence-corrected chi connectivity index (χ0v) is 11.3. The third kappa shape index (κ3) is 3.61. The van der Waals surface area contributed by atoms with Gasteiger partial charge in [0.2, 0.25) is 0 Å². The molecule has 0 radical (unpaired) electrons. The van der Waals surface area contributed by atoms with Crippen molar-refractivity contribution in [1.29, 1.82) is 0 Å². The summed E-state index contributed by atoms with van der Waals surface area (Å²) in [5.41, 5.74) is 1.00. The van der Waals surface area contributed by atoms with Gasteiger partial charge in [-0.1, -0.05) is 20.4 Å². The molecule has 0 aliphatic rings. The number of aromatic nitrogens is 1. The van der Waals surface area contributed by atoms with E-state index in [0.29, 0.717) is 12.6 Å². The van der Waals surface area contributed by atoms with Crippen molar-refractivity contribution in [3.63, 3.8) is 0 Å². The Morgan fingerprint density at radius 3 is 2.81 bits per heavy atom. The smallest absolute Gasteiger partial charge is 0.131 e. The standard InChI is InChI=1S/C12H20N2OS/c1-6-15-10(5)12-9(4)14-11(16-12)7-13-8(2)3/h8,13H,5-7H2,1-4H3. The van der Waals surface area contributed by atoms with Crippen molar-refractivity contribution in [2.24, 2.45) is 0 Å². The molecule has 4 heteroatoms. The van der Waals surface area contributed by atoms with Crippen LogP contribution in [0.1, 0.15) is 36.3 Å². The zero-order chi connectivity index (χ0) is 12.1. The molecule has 0 saturated carbocycles. The fourth-order valence-corrected chi connectivity index (χ4v) is 2.26. The third-order valence-corrected chi connectivity index (χ3v) is 3.27. The molecule has 0 aromatic carbocycles. The summed E-state index contributed by atoms with van der Waals surface area (Å²) in [4.78, 5) is 5.56. The molecule has 1 aromatic rings. The molecule has 0 amide bonds. The minimum absolute atomic E-state index is 0.475. The predicted octanol–water partition coefficient (Wildman–Crippen LogP) is 2.96. The molecule has 1 rings (SSSR count). The van der Waals surface area contributed by atoms with Crippen LogP contribution in [-0.2, 0) is 11.3 Å². The molecule has 1 heterocycles.